The zero-order valence-electron chi connectivity index (χ0n) is 16.7. The summed E-state index contributed by atoms with van der Waals surface area (Å²) in [5, 5.41) is 8.39. The van der Waals surface area contributed by atoms with E-state index >= 15 is 0 Å². The highest BCUT2D eigenvalue weighted by Crippen LogP contribution is 2.28. The lowest BCUT2D eigenvalue weighted by atomic mass is 10.1. The molecule has 1 fully saturated rings. The van der Waals surface area contributed by atoms with E-state index in [1.54, 1.807) is 30.3 Å². The maximum Gasteiger partial charge on any atom is 0.251 e. The van der Waals surface area contributed by atoms with Crippen LogP contribution >= 0.6 is 0 Å². The van der Waals surface area contributed by atoms with Crippen LogP contribution in [0.5, 0.6) is 5.88 Å². The fraction of sp³-hybridized carbons (Fsp3) is 0.227. The maximum atomic E-state index is 12.5. The highest BCUT2D eigenvalue weighted by Gasteiger charge is 2.24. The Kier molecular flexibility index (Phi) is 4.39. The molecule has 5 rings (SSSR count). The Hall–Kier alpha value is -3.81. The van der Waals surface area contributed by atoms with Gasteiger partial charge in [0, 0.05) is 29.4 Å². The van der Waals surface area contributed by atoms with Gasteiger partial charge in [-0.3, -0.25) is 4.79 Å². The molecule has 1 amide bonds. The maximum absolute atomic E-state index is 12.5. The summed E-state index contributed by atoms with van der Waals surface area (Å²) >= 11 is 0. The number of hydrogen-bond acceptors (Lipinski definition) is 6. The number of amides is 1. The number of nitrogens with zero attached hydrogens (tertiary/aromatic N) is 5. The van der Waals surface area contributed by atoms with Crippen molar-refractivity contribution in [2.24, 2.45) is 0 Å². The minimum absolute atomic E-state index is 0.0603. The summed E-state index contributed by atoms with van der Waals surface area (Å²) in [6.45, 7) is 1.99. The van der Waals surface area contributed by atoms with Gasteiger partial charge in [0.1, 0.15) is 6.33 Å². The van der Waals surface area contributed by atoms with Crippen molar-refractivity contribution in [3.8, 4) is 22.8 Å². The van der Waals surface area contributed by atoms with Crippen LogP contribution in [0.4, 0.5) is 0 Å². The number of carbonyl (C=O) groups is 1. The van der Waals surface area contributed by atoms with E-state index in [-0.39, 0.29) is 5.91 Å². The largest absolute Gasteiger partial charge is 0.481 e. The van der Waals surface area contributed by atoms with Gasteiger partial charge in [0.05, 0.1) is 30.1 Å². The summed E-state index contributed by atoms with van der Waals surface area (Å²) < 4.78 is 6.88. The smallest absolute Gasteiger partial charge is 0.251 e. The molecule has 150 valence electrons. The molecule has 30 heavy (non-hydrogen) atoms. The number of rotatable bonds is 5. The predicted molar refractivity (Wildman–Crippen MR) is 112 cm³/mol. The summed E-state index contributed by atoms with van der Waals surface area (Å²) in [7, 11) is 1.58. The van der Waals surface area contributed by atoms with Crippen molar-refractivity contribution in [3.05, 3.63) is 60.2 Å². The average Bonchev–Trinajstić information content (AvgIpc) is 3.49. The Morgan fingerprint density at radius 1 is 1.13 bits per heavy atom. The van der Waals surface area contributed by atoms with Crippen molar-refractivity contribution in [1.82, 2.24) is 30.0 Å². The van der Waals surface area contributed by atoms with Crippen LogP contribution in [0.25, 0.3) is 28.0 Å². The van der Waals surface area contributed by atoms with Crippen LogP contribution in [0.3, 0.4) is 0 Å². The fourth-order valence-electron chi connectivity index (χ4n) is 3.37. The third-order valence-corrected chi connectivity index (χ3v) is 5.20. The minimum atomic E-state index is -0.0603. The van der Waals surface area contributed by atoms with Crippen LogP contribution in [-0.4, -0.2) is 43.8 Å². The van der Waals surface area contributed by atoms with Crippen molar-refractivity contribution in [2.45, 2.75) is 25.8 Å². The zero-order valence-corrected chi connectivity index (χ0v) is 16.7. The number of aromatic nitrogens is 5. The molecule has 1 saturated carbocycles. The van der Waals surface area contributed by atoms with Gasteiger partial charge in [-0.05, 0) is 43.5 Å². The van der Waals surface area contributed by atoms with Gasteiger partial charge in [0.2, 0.25) is 5.88 Å². The average molecular weight is 400 g/mol. The highest BCUT2D eigenvalue weighted by molar-refractivity contribution is 5.96. The lowest BCUT2D eigenvalue weighted by molar-refractivity contribution is 0.0951. The number of pyridine rings is 1. The van der Waals surface area contributed by atoms with Gasteiger partial charge in [-0.2, -0.15) is 5.10 Å². The molecule has 3 heterocycles. The topological polar surface area (TPSA) is 94.8 Å². The number of nitrogens with one attached hydrogen (secondary N) is 1. The van der Waals surface area contributed by atoms with Crippen LogP contribution in [-0.2, 0) is 0 Å². The fourth-order valence-corrected chi connectivity index (χ4v) is 3.37. The molecule has 8 heteroatoms. The van der Waals surface area contributed by atoms with Gasteiger partial charge >= 0.3 is 0 Å². The quantitative estimate of drug-likeness (QED) is 0.553. The van der Waals surface area contributed by atoms with E-state index in [0.29, 0.717) is 23.1 Å². The summed E-state index contributed by atoms with van der Waals surface area (Å²) in [6, 6.07) is 9.63. The summed E-state index contributed by atoms with van der Waals surface area (Å²) in [5.41, 5.74) is 4.66. The Labute approximate surface area is 173 Å². The molecule has 0 bridgehead atoms. The Morgan fingerprint density at radius 2 is 2.00 bits per heavy atom. The lowest BCUT2D eigenvalue weighted by Crippen LogP contribution is -2.25. The number of fused-ring (bicyclic) bond motifs is 1. The third-order valence-electron chi connectivity index (χ3n) is 5.20. The molecular formula is C22H20N6O2. The van der Waals surface area contributed by atoms with E-state index in [1.165, 1.54) is 6.33 Å². The monoisotopic (exact) mass is 400 g/mol. The highest BCUT2D eigenvalue weighted by atomic mass is 16.5. The molecule has 0 atom stereocenters. The van der Waals surface area contributed by atoms with Crippen LogP contribution in [0.2, 0.25) is 0 Å². The number of carbonyl (C=O) groups excluding carboxylic acids is 1. The molecule has 0 saturated heterocycles. The van der Waals surface area contributed by atoms with Crippen molar-refractivity contribution in [2.75, 3.05) is 7.11 Å². The molecule has 0 aliphatic heterocycles. The van der Waals surface area contributed by atoms with E-state index in [9.17, 15) is 4.79 Å². The first-order chi connectivity index (χ1) is 14.6. The number of hydrogen-bond donors (Lipinski definition) is 1. The van der Waals surface area contributed by atoms with Crippen LogP contribution in [0.1, 0.15) is 28.8 Å². The van der Waals surface area contributed by atoms with E-state index < -0.39 is 0 Å². The normalized spacial score (nSPS) is 13.4. The summed E-state index contributed by atoms with van der Waals surface area (Å²) in [5.74, 6) is 0.478. The Balaban J connectivity index is 1.57. The summed E-state index contributed by atoms with van der Waals surface area (Å²) in [6.07, 6.45) is 7.07. The van der Waals surface area contributed by atoms with Crippen molar-refractivity contribution in [1.29, 1.82) is 0 Å². The van der Waals surface area contributed by atoms with Gasteiger partial charge in [-0.25, -0.2) is 19.6 Å². The molecule has 0 spiro atoms. The SMILES string of the molecule is COc1ccc(-c2ncnc3c2cnn3-c2cc(C(=O)NC3CC3)ccc2C)cn1. The molecule has 1 aliphatic rings. The van der Waals surface area contributed by atoms with Crippen molar-refractivity contribution < 1.29 is 9.53 Å². The molecular weight excluding hydrogens is 380 g/mol. The van der Waals surface area contributed by atoms with Gasteiger partial charge < -0.3 is 10.1 Å². The number of aryl methyl sites for hydroxylation is 1. The van der Waals surface area contributed by atoms with Gasteiger partial charge in [-0.15, -0.1) is 0 Å². The third kappa shape index (κ3) is 3.26. The van der Waals surface area contributed by atoms with E-state index in [2.05, 4.69) is 25.4 Å². The molecule has 1 aliphatic carbocycles. The van der Waals surface area contributed by atoms with Gasteiger partial charge in [-0.1, -0.05) is 6.07 Å². The zero-order chi connectivity index (χ0) is 20.7. The van der Waals surface area contributed by atoms with E-state index in [1.807, 2.05) is 31.2 Å². The molecule has 3 aromatic heterocycles. The molecule has 1 N–H and O–H groups in total. The predicted octanol–water partition coefficient (Wildman–Crippen LogP) is 3.09. The molecule has 1 aromatic carbocycles. The van der Waals surface area contributed by atoms with Gasteiger partial charge in [0.25, 0.3) is 5.91 Å². The molecule has 0 radical (unpaired) electrons. The van der Waals surface area contributed by atoms with Crippen LogP contribution < -0.4 is 10.1 Å². The van der Waals surface area contributed by atoms with Gasteiger partial charge in [0.15, 0.2) is 5.65 Å². The first-order valence-electron chi connectivity index (χ1n) is 9.75. The second-order valence-electron chi connectivity index (χ2n) is 7.35. The Morgan fingerprint density at radius 3 is 2.73 bits per heavy atom. The lowest BCUT2D eigenvalue weighted by Gasteiger charge is -2.10. The standard InChI is InChI=1S/C22H20N6O2/c1-13-3-4-14(22(29)27-16-6-7-16)9-18(13)28-21-17(11-26-28)20(24-12-25-21)15-5-8-19(30-2)23-10-15/h3-5,8-12,16H,6-7H2,1-2H3,(H,27,29). The molecule has 0 unspecified atom stereocenters. The first kappa shape index (κ1) is 18.2. The van der Waals surface area contributed by atoms with Crippen molar-refractivity contribution >= 4 is 16.9 Å². The van der Waals surface area contributed by atoms with E-state index in [0.717, 1.165) is 40.7 Å². The number of methoxy groups -OCH3 is 1. The molecule has 8 nitrogen and oxygen atoms in total. The summed E-state index contributed by atoms with van der Waals surface area (Å²) in [4.78, 5) is 25.7. The molecule has 4 aromatic rings. The minimum Gasteiger partial charge on any atom is -0.481 e. The first-order valence-corrected chi connectivity index (χ1v) is 9.75. The Bertz CT molecular complexity index is 1240. The second-order valence-corrected chi connectivity index (χ2v) is 7.35. The van der Waals surface area contributed by atoms with Crippen LogP contribution in [0.15, 0.2) is 49.1 Å². The van der Waals surface area contributed by atoms with Crippen LogP contribution in [0, 0.1) is 6.92 Å². The second kappa shape index (κ2) is 7.22. The number of benzene rings is 1. The number of ether oxygens (including phenoxy) is 1. The van der Waals surface area contributed by atoms with E-state index in [4.69, 9.17) is 4.74 Å². The van der Waals surface area contributed by atoms with Crippen molar-refractivity contribution in [3.63, 3.8) is 0 Å².